The van der Waals surface area contributed by atoms with Gasteiger partial charge in [-0.25, -0.2) is 0 Å². The molecule has 2 atom stereocenters. The molecule has 0 heterocycles. The van der Waals surface area contributed by atoms with Crippen molar-refractivity contribution in [2.45, 2.75) is 57.7 Å². The standard InChI is InChI=1S/C31H35Si.3ClH.Ti/c1-19-13-14-28(22(4)16-19)31(32-27-17-20(2)15-21(3)18-27)30-25(7)23(5)24(6)29(30)26-11-9-8-10-12-26;;;;/h8-18,31H,32H2,1-7H3;3*1H;/q;;;;+3/p-3. The van der Waals surface area contributed by atoms with Crippen molar-refractivity contribution in [2.24, 2.45) is 0 Å². The molecule has 3 aromatic carbocycles. The van der Waals surface area contributed by atoms with Crippen LogP contribution in [0.4, 0.5) is 0 Å². The second-order valence-electron chi connectivity index (χ2n) is 10.0. The number of rotatable bonds is 5. The van der Waals surface area contributed by atoms with Crippen LogP contribution in [-0.4, -0.2) is 9.52 Å². The molecule has 0 bridgehead atoms. The van der Waals surface area contributed by atoms with E-state index < -0.39 is 9.52 Å². The van der Waals surface area contributed by atoms with Crippen LogP contribution < -0.4 is 42.4 Å². The van der Waals surface area contributed by atoms with Gasteiger partial charge in [0.1, 0.15) is 0 Å². The Kier molecular flexibility index (Phi) is 12.0. The van der Waals surface area contributed by atoms with Gasteiger partial charge in [0.25, 0.3) is 0 Å². The molecule has 0 saturated carbocycles. The zero-order valence-electron chi connectivity index (χ0n) is 22.3. The molecule has 4 rings (SSSR count). The van der Waals surface area contributed by atoms with Crippen LogP contribution in [-0.2, 0) is 20.4 Å². The van der Waals surface area contributed by atoms with Crippen molar-refractivity contribution in [1.29, 1.82) is 0 Å². The maximum atomic E-state index is 2.53. The average molecular weight is 590 g/mol. The van der Waals surface area contributed by atoms with Gasteiger partial charge in [-0.3, -0.25) is 0 Å². The SMILES string of the molecule is CC1=C(C)[C]([Ti+3])(C([SiH2]c2cc(C)cc(C)c2)c2ccc(C)cc2C)C(c2ccccc2)=C1C.[Cl-].[Cl-].[Cl-]. The van der Waals surface area contributed by atoms with Crippen LogP contribution in [0.1, 0.15) is 59.7 Å². The Hall–Kier alpha value is -1.06. The minimum Gasteiger partial charge on any atom is -1.00 e. The van der Waals surface area contributed by atoms with Gasteiger partial charge in [0, 0.05) is 0 Å². The second-order valence-corrected chi connectivity index (χ2v) is 13.3. The molecule has 0 aliphatic heterocycles. The first-order chi connectivity index (χ1) is 15.6. The molecule has 0 fully saturated rings. The fraction of sp³-hybridized carbons (Fsp3) is 0.290. The molecule has 0 N–H and O–H groups in total. The number of aryl methyl sites for hydroxylation is 4. The van der Waals surface area contributed by atoms with Crippen LogP contribution in [0.2, 0.25) is 3.72 Å². The summed E-state index contributed by atoms with van der Waals surface area (Å²) in [4.78, 5) is 0. The third kappa shape index (κ3) is 6.15. The van der Waals surface area contributed by atoms with E-state index in [1.54, 1.807) is 10.8 Å². The summed E-state index contributed by atoms with van der Waals surface area (Å²) >= 11 is 2.53. The quantitative estimate of drug-likeness (QED) is 0.302. The van der Waals surface area contributed by atoms with Crippen LogP contribution in [0.25, 0.3) is 5.57 Å². The van der Waals surface area contributed by atoms with Crippen molar-refractivity contribution in [3.8, 4) is 0 Å². The van der Waals surface area contributed by atoms with E-state index in [4.69, 9.17) is 0 Å². The Bertz CT molecular complexity index is 1260. The van der Waals surface area contributed by atoms with Gasteiger partial charge in [-0.2, -0.15) is 0 Å². The van der Waals surface area contributed by atoms with E-state index in [1.165, 1.54) is 50.1 Å². The minimum atomic E-state index is -0.640. The first kappa shape index (κ1) is 33.0. The van der Waals surface area contributed by atoms with Crippen LogP contribution in [0.5, 0.6) is 0 Å². The first-order valence-electron chi connectivity index (χ1n) is 12.0. The molecule has 0 saturated heterocycles. The average Bonchev–Trinajstić information content (AvgIpc) is 2.93. The van der Waals surface area contributed by atoms with Gasteiger partial charge >= 0.3 is 215 Å². The minimum absolute atomic E-state index is 0. The Balaban J connectivity index is 0.00000216. The van der Waals surface area contributed by atoms with Crippen molar-refractivity contribution in [3.63, 3.8) is 0 Å². The van der Waals surface area contributed by atoms with Gasteiger partial charge in [-0.15, -0.1) is 0 Å². The van der Waals surface area contributed by atoms with Gasteiger partial charge < -0.3 is 37.2 Å². The largest absolute Gasteiger partial charge is 1.00 e. The Morgan fingerprint density at radius 3 is 1.81 bits per heavy atom. The Morgan fingerprint density at radius 1 is 0.667 bits per heavy atom. The molecule has 0 aromatic heterocycles. The van der Waals surface area contributed by atoms with Crippen LogP contribution in [0.3, 0.4) is 0 Å². The van der Waals surface area contributed by atoms with Crippen LogP contribution in [0.15, 0.2) is 83.4 Å². The van der Waals surface area contributed by atoms with Gasteiger partial charge in [-0.05, 0) is 0 Å². The van der Waals surface area contributed by atoms with E-state index in [-0.39, 0.29) is 40.9 Å². The topological polar surface area (TPSA) is 0 Å². The molecule has 0 radical (unpaired) electrons. The van der Waals surface area contributed by atoms with Crippen LogP contribution >= 0.6 is 0 Å². The predicted molar refractivity (Wildman–Crippen MR) is 143 cm³/mol. The number of hydrogen-bond acceptors (Lipinski definition) is 0. The van der Waals surface area contributed by atoms with E-state index >= 15 is 0 Å². The van der Waals surface area contributed by atoms with Crippen molar-refractivity contribution in [2.75, 3.05) is 0 Å². The predicted octanol–water partition coefficient (Wildman–Crippen LogP) is -2.00. The van der Waals surface area contributed by atoms with Gasteiger partial charge in [0.15, 0.2) is 0 Å². The maximum absolute atomic E-state index is 2.53. The van der Waals surface area contributed by atoms with Gasteiger partial charge in [-0.1, -0.05) is 0 Å². The van der Waals surface area contributed by atoms with E-state index in [0.29, 0.717) is 5.54 Å². The van der Waals surface area contributed by atoms with Crippen molar-refractivity contribution in [1.82, 2.24) is 0 Å². The number of halogens is 3. The monoisotopic (exact) mass is 588 g/mol. The van der Waals surface area contributed by atoms with Crippen molar-refractivity contribution in [3.05, 3.63) is 117 Å². The molecule has 5 heteroatoms. The summed E-state index contributed by atoms with van der Waals surface area (Å²) < 4.78 is -0.0145. The zero-order chi connectivity index (χ0) is 23.9. The molecule has 0 spiro atoms. The smallest absolute Gasteiger partial charge is 1.00 e. The molecule has 188 valence electrons. The van der Waals surface area contributed by atoms with Crippen molar-refractivity contribution < 1.29 is 57.7 Å². The summed E-state index contributed by atoms with van der Waals surface area (Å²) in [7, 11) is -0.640. The summed E-state index contributed by atoms with van der Waals surface area (Å²) in [6, 6.07) is 25.4. The maximum Gasteiger partial charge on any atom is -1.00 e. The second kappa shape index (κ2) is 13.1. The fourth-order valence-electron chi connectivity index (χ4n) is 5.87. The molecule has 0 amide bonds. The summed E-state index contributed by atoms with van der Waals surface area (Å²) in [5.41, 5.74) is 14.9. The van der Waals surface area contributed by atoms with E-state index in [0.717, 1.165) is 0 Å². The summed E-state index contributed by atoms with van der Waals surface area (Å²) in [5, 5.41) is 1.57. The van der Waals surface area contributed by atoms with E-state index in [1.807, 2.05) is 0 Å². The zero-order valence-corrected chi connectivity index (χ0v) is 27.5. The molecular weight excluding hydrogens is 555 g/mol. The van der Waals surface area contributed by atoms with E-state index in [2.05, 4.69) is 136 Å². The summed E-state index contributed by atoms with van der Waals surface area (Å²) in [6.45, 7) is 16.1. The van der Waals surface area contributed by atoms with Crippen LogP contribution in [0, 0.1) is 27.7 Å². The third-order valence-electron chi connectivity index (χ3n) is 7.59. The third-order valence-corrected chi connectivity index (χ3v) is 12.1. The van der Waals surface area contributed by atoms with Gasteiger partial charge in [0.05, 0.1) is 0 Å². The molecule has 0 nitrogen and oxygen atoms in total. The van der Waals surface area contributed by atoms with E-state index in [9.17, 15) is 0 Å². The molecular formula is C31H35Cl3SiTi. The number of allylic oxidation sites excluding steroid dienone is 4. The molecule has 36 heavy (non-hydrogen) atoms. The fourth-order valence-corrected chi connectivity index (χ4v) is 10.2. The van der Waals surface area contributed by atoms with Crippen molar-refractivity contribution >= 4 is 20.3 Å². The molecule has 1 aliphatic rings. The molecule has 1 aliphatic carbocycles. The van der Waals surface area contributed by atoms with Gasteiger partial charge in [0.2, 0.25) is 0 Å². The first-order valence-corrected chi connectivity index (χ1v) is 14.3. The number of hydrogen-bond donors (Lipinski definition) is 0. The summed E-state index contributed by atoms with van der Waals surface area (Å²) in [6.07, 6.45) is 0. The Morgan fingerprint density at radius 2 is 1.25 bits per heavy atom. The Labute approximate surface area is 250 Å². The molecule has 2 unspecified atom stereocenters. The molecule has 3 aromatic rings. The number of benzene rings is 3. The summed E-state index contributed by atoms with van der Waals surface area (Å²) in [5.74, 6) is 0. The normalized spacial score (nSPS) is 18.1.